The van der Waals surface area contributed by atoms with Crippen LogP contribution >= 0.6 is 0 Å². The first-order valence-corrected chi connectivity index (χ1v) is 10.4. The number of hydrogen-bond acceptors (Lipinski definition) is 6. The topological polar surface area (TPSA) is 92.3 Å². The van der Waals surface area contributed by atoms with Crippen molar-refractivity contribution in [3.8, 4) is 11.3 Å². The quantitative estimate of drug-likeness (QED) is 0.833. The number of nitrogens with one attached hydrogen (secondary N) is 1. The lowest BCUT2D eigenvalue weighted by molar-refractivity contribution is 0.0621. The molecule has 0 unspecified atom stereocenters. The van der Waals surface area contributed by atoms with Gasteiger partial charge in [0.25, 0.3) is 5.91 Å². The van der Waals surface area contributed by atoms with Crippen molar-refractivity contribution < 1.29 is 13.2 Å². The third-order valence-corrected chi connectivity index (χ3v) is 6.65. The molecule has 1 aromatic heterocycles. The highest BCUT2D eigenvalue weighted by molar-refractivity contribution is 7.91. The highest BCUT2D eigenvalue weighted by Crippen LogP contribution is 2.27. The van der Waals surface area contributed by atoms with Gasteiger partial charge < -0.3 is 10.2 Å². The van der Waals surface area contributed by atoms with E-state index in [1.54, 1.807) is 18.0 Å². The van der Waals surface area contributed by atoms with Gasteiger partial charge in [-0.05, 0) is 6.92 Å². The Kier molecular flexibility index (Phi) is 4.24. The van der Waals surface area contributed by atoms with Crippen molar-refractivity contribution in [3.63, 3.8) is 0 Å². The first-order chi connectivity index (χ1) is 12.4. The number of aryl methyl sites for hydroxylation is 1. The number of amides is 1. The molecule has 8 heteroatoms. The minimum absolute atomic E-state index is 0.00377. The summed E-state index contributed by atoms with van der Waals surface area (Å²) in [5, 5.41) is 3.22. The van der Waals surface area contributed by atoms with Crippen LogP contribution in [0.25, 0.3) is 11.3 Å². The number of fused-ring (bicyclic) bond motifs is 1. The van der Waals surface area contributed by atoms with Crippen molar-refractivity contribution >= 4 is 15.7 Å². The number of piperazine rings is 1. The van der Waals surface area contributed by atoms with Crippen LogP contribution in [0.2, 0.25) is 0 Å². The molecule has 0 bridgehead atoms. The zero-order valence-corrected chi connectivity index (χ0v) is 15.2. The molecule has 0 aliphatic carbocycles. The zero-order chi connectivity index (χ0) is 18.3. The molecule has 2 aliphatic rings. The van der Waals surface area contributed by atoms with Crippen LogP contribution in [0, 0.1) is 6.92 Å². The molecule has 0 saturated carbocycles. The number of hydrogen-bond donors (Lipinski definition) is 1. The smallest absolute Gasteiger partial charge is 0.258 e. The Morgan fingerprint density at radius 2 is 2.00 bits per heavy atom. The van der Waals surface area contributed by atoms with Gasteiger partial charge in [0.05, 0.1) is 28.8 Å². The number of carbonyl (C=O) groups is 1. The summed E-state index contributed by atoms with van der Waals surface area (Å²) in [4.78, 5) is 23.6. The van der Waals surface area contributed by atoms with Crippen LogP contribution in [0.3, 0.4) is 0 Å². The molecule has 2 saturated heterocycles. The Morgan fingerprint density at radius 1 is 1.23 bits per heavy atom. The van der Waals surface area contributed by atoms with E-state index in [0.29, 0.717) is 30.2 Å². The molecular formula is C18H20N4O3S. The van der Waals surface area contributed by atoms with Gasteiger partial charge in [-0.25, -0.2) is 18.4 Å². The van der Waals surface area contributed by atoms with Gasteiger partial charge in [-0.3, -0.25) is 4.79 Å². The van der Waals surface area contributed by atoms with Crippen LogP contribution in [0.1, 0.15) is 16.2 Å². The van der Waals surface area contributed by atoms with Gasteiger partial charge in [0.2, 0.25) is 0 Å². The van der Waals surface area contributed by atoms with E-state index >= 15 is 0 Å². The number of sulfone groups is 1. The van der Waals surface area contributed by atoms with E-state index in [0.717, 1.165) is 5.56 Å². The SMILES string of the molecule is Cc1ncc(C(=O)N2CCN[C@@H]3CS(=O)(=O)C[C@@H]32)c(-c2ccccc2)n1. The fraction of sp³-hybridized carbons (Fsp3) is 0.389. The minimum atomic E-state index is -3.13. The first-order valence-electron chi connectivity index (χ1n) is 8.58. The van der Waals surface area contributed by atoms with E-state index in [4.69, 9.17) is 0 Å². The van der Waals surface area contributed by atoms with Gasteiger partial charge in [0.1, 0.15) is 5.82 Å². The molecule has 2 fully saturated rings. The monoisotopic (exact) mass is 372 g/mol. The Labute approximate surface area is 152 Å². The van der Waals surface area contributed by atoms with Crippen molar-refractivity contribution in [2.75, 3.05) is 24.6 Å². The summed E-state index contributed by atoms with van der Waals surface area (Å²) >= 11 is 0. The zero-order valence-electron chi connectivity index (χ0n) is 14.4. The molecule has 7 nitrogen and oxygen atoms in total. The summed E-state index contributed by atoms with van der Waals surface area (Å²) in [6.07, 6.45) is 1.55. The number of carbonyl (C=O) groups excluding carboxylic acids is 1. The maximum atomic E-state index is 13.3. The van der Waals surface area contributed by atoms with Crippen LogP contribution < -0.4 is 5.32 Å². The van der Waals surface area contributed by atoms with E-state index < -0.39 is 9.84 Å². The van der Waals surface area contributed by atoms with Crippen LogP contribution in [0.5, 0.6) is 0 Å². The highest BCUT2D eigenvalue weighted by Gasteiger charge is 2.45. The van der Waals surface area contributed by atoms with E-state index in [9.17, 15) is 13.2 Å². The molecule has 2 aliphatic heterocycles. The number of aromatic nitrogens is 2. The lowest BCUT2D eigenvalue weighted by Crippen LogP contribution is -2.59. The lowest BCUT2D eigenvalue weighted by atomic mass is 10.0. The third-order valence-electron chi connectivity index (χ3n) is 4.93. The second kappa shape index (κ2) is 6.44. The summed E-state index contributed by atoms with van der Waals surface area (Å²) in [6.45, 7) is 2.83. The molecule has 1 amide bonds. The van der Waals surface area contributed by atoms with Crippen molar-refractivity contribution in [3.05, 3.63) is 47.9 Å². The maximum absolute atomic E-state index is 13.3. The number of rotatable bonds is 2. The first kappa shape index (κ1) is 17.1. The molecule has 1 aromatic carbocycles. The summed E-state index contributed by atoms with van der Waals surface area (Å²) in [5.41, 5.74) is 1.83. The molecule has 0 spiro atoms. The fourth-order valence-electron chi connectivity index (χ4n) is 3.72. The van der Waals surface area contributed by atoms with E-state index in [2.05, 4.69) is 15.3 Å². The fourth-order valence-corrected chi connectivity index (χ4v) is 5.67. The second-order valence-electron chi connectivity index (χ2n) is 6.75. The number of nitrogens with zero attached hydrogens (tertiary/aromatic N) is 3. The van der Waals surface area contributed by atoms with E-state index in [1.165, 1.54) is 0 Å². The van der Waals surface area contributed by atoms with E-state index in [-0.39, 0.29) is 29.5 Å². The predicted octanol–water partition coefficient (Wildman–Crippen LogP) is 0.663. The minimum Gasteiger partial charge on any atom is -0.332 e. The van der Waals surface area contributed by atoms with Crippen LogP contribution in [0.15, 0.2) is 36.5 Å². The summed E-state index contributed by atoms with van der Waals surface area (Å²) < 4.78 is 24.1. The average Bonchev–Trinajstić information content (AvgIpc) is 2.95. The molecule has 2 aromatic rings. The van der Waals surface area contributed by atoms with Crippen molar-refractivity contribution in [1.29, 1.82) is 0 Å². The summed E-state index contributed by atoms with van der Waals surface area (Å²) in [7, 11) is -3.13. The van der Waals surface area contributed by atoms with Crippen LogP contribution in [-0.2, 0) is 9.84 Å². The molecular weight excluding hydrogens is 352 g/mol. The molecule has 136 valence electrons. The van der Waals surface area contributed by atoms with E-state index in [1.807, 2.05) is 30.3 Å². The standard InChI is InChI=1S/C18H20N4O3S/c1-12-20-9-14(17(21-12)13-5-3-2-4-6-13)18(23)22-8-7-19-15-10-26(24,25)11-16(15)22/h2-6,9,15-16,19H,7-8,10-11H2,1H3/t15-,16+/m1/s1. The van der Waals surface area contributed by atoms with Crippen molar-refractivity contribution in [2.24, 2.45) is 0 Å². The summed E-state index contributed by atoms with van der Waals surface area (Å²) in [6, 6.07) is 8.95. The molecule has 1 N–H and O–H groups in total. The number of benzene rings is 1. The van der Waals surface area contributed by atoms with Crippen LogP contribution in [-0.4, -0.2) is 65.9 Å². The lowest BCUT2D eigenvalue weighted by Gasteiger charge is -2.37. The second-order valence-corrected chi connectivity index (χ2v) is 8.90. The normalized spacial score (nSPS) is 24.3. The van der Waals surface area contributed by atoms with Gasteiger partial charge in [-0.15, -0.1) is 0 Å². The molecule has 2 atom stereocenters. The Bertz CT molecular complexity index is 946. The van der Waals surface area contributed by atoms with Gasteiger partial charge in [-0.2, -0.15) is 0 Å². The van der Waals surface area contributed by atoms with Gasteiger partial charge in [0.15, 0.2) is 9.84 Å². The molecule has 4 rings (SSSR count). The van der Waals surface area contributed by atoms with Crippen molar-refractivity contribution in [2.45, 2.75) is 19.0 Å². The Balaban J connectivity index is 1.73. The Morgan fingerprint density at radius 3 is 2.77 bits per heavy atom. The van der Waals surface area contributed by atoms with Gasteiger partial charge >= 0.3 is 0 Å². The predicted molar refractivity (Wildman–Crippen MR) is 97.5 cm³/mol. The summed E-state index contributed by atoms with van der Waals surface area (Å²) in [5.74, 6) is 0.459. The molecule has 26 heavy (non-hydrogen) atoms. The molecule has 3 heterocycles. The highest BCUT2D eigenvalue weighted by atomic mass is 32.2. The third kappa shape index (κ3) is 3.10. The maximum Gasteiger partial charge on any atom is 0.258 e. The van der Waals surface area contributed by atoms with Gasteiger partial charge in [-0.1, -0.05) is 30.3 Å². The largest absolute Gasteiger partial charge is 0.332 e. The van der Waals surface area contributed by atoms with Crippen LogP contribution in [0.4, 0.5) is 0 Å². The molecule has 0 radical (unpaired) electrons. The Hall–Kier alpha value is -2.32. The van der Waals surface area contributed by atoms with Gasteiger partial charge in [0, 0.05) is 30.9 Å². The van der Waals surface area contributed by atoms with Crippen molar-refractivity contribution in [1.82, 2.24) is 20.2 Å². The average molecular weight is 372 g/mol.